The number of fused-ring (bicyclic) bond motifs is 2. The van der Waals surface area contributed by atoms with Crippen LogP contribution in [0.5, 0.6) is 5.75 Å². The highest BCUT2D eigenvalue weighted by atomic mass is 32.2. The van der Waals surface area contributed by atoms with Gasteiger partial charge in [0.2, 0.25) is 10.0 Å². The number of amides is 2. The van der Waals surface area contributed by atoms with Gasteiger partial charge in [0.1, 0.15) is 5.75 Å². The maximum absolute atomic E-state index is 12.6. The van der Waals surface area contributed by atoms with Crippen molar-refractivity contribution >= 4 is 38.9 Å². The molecule has 1 atom stereocenters. The molecule has 2 heterocycles. The van der Waals surface area contributed by atoms with E-state index < -0.39 is 16.1 Å². The van der Waals surface area contributed by atoms with Gasteiger partial charge in [0.25, 0.3) is 11.8 Å². The molecule has 0 bridgehead atoms. The molecular formula is C19H19N3O5S. The van der Waals surface area contributed by atoms with Crippen LogP contribution in [-0.4, -0.2) is 39.1 Å². The molecule has 0 aliphatic carbocycles. The smallest absolute Gasteiger partial charge is 0.265 e. The van der Waals surface area contributed by atoms with Gasteiger partial charge in [-0.3, -0.25) is 13.9 Å². The fourth-order valence-electron chi connectivity index (χ4n) is 3.35. The van der Waals surface area contributed by atoms with Crippen molar-refractivity contribution in [3.05, 3.63) is 47.5 Å². The topological polar surface area (TPSA) is 105 Å². The van der Waals surface area contributed by atoms with E-state index in [1.165, 1.54) is 10.6 Å². The third-order valence-electron chi connectivity index (χ3n) is 4.76. The molecule has 9 heteroatoms. The van der Waals surface area contributed by atoms with Crippen LogP contribution in [-0.2, 0) is 21.2 Å². The van der Waals surface area contributed by atoms with Crippen molar-refractivity contribution in [3.8, 4) is 5.75 Å². The molecule has 0 unspecified atom stereocenters. The van der Waals surface area contributed by atoms with E-state index in [2.05, 4.69) is 10.6 Å². The van der Waals surface area contributed by atoms with E-state index in [4.69, 9.17) is 4.74 Å². The molecule has 146 valence electrons. The lowest BCUT2D eigenvalue weighted by atomic mass is 10.1. The Bertz CT molecular complexity index is 1100. The second-order valence-electron chi connectivity index (χ2n) is 6.84. The largest absolute Gasteiger partial charge is 0.479 e. The molecule has 0 saturated heterocycles. The Hall–Kier alpha value is -3.07. The van der Waals surface area contributed by atoms with Crippen LogP contribution in [0.2, 0.25) is 0 Å². The van der Waals surface area contributed by atoms with Crippen LogP contribution in [0.1, 0.15) is 22.8 Å². The number of benzene rings is 2. The lowest BCUT2D eigenvalue weighted by Gasteiger charge is -2.23. The molecule has 8 nitrogen and oxygen atoms in total. The fourth-order valence-corrected chi connectivity index (χ4v) is 4.31. The number of carbonyl (C=O) groups is 2. The third kappa shape index (κ3) is 3.29. The zero-order chi connectivity index (χ0) is 20.1. The van der Waals surface area contributed by atoms with Crippen molar-refractivity contribution in [2.45, 2.75) is 19.4 Å². The number of rotatable bonds is 3. The van der Waals surface area contributed by atoms with Gasteiger partial charge in [-0.25, -0.2) is 8.42 Å². The number of hydrogen-bond donors (Lipinski definition) is 2. The van der Waals surface area contributed by atoms with Gasteiger partial charge in [0, 0.05) is 17.8 Å². The first-order valence-electron chi connectivity index (χ1n) is 8.76. The third-order valence-corrected chi connectivity index (χ3v) is 5.94. The standard InChI is InChI=1S/C19H19N3O5S/c1-11-18(23)21-15-10-14(4-6-17(15)27-11)20-19(24)13-3-5-16-12(9-13)7-8-22(16)28(2,25)26/h3-6,9-11H,7-8H2,1-2H3,(H,20,24)(H,21,23)/t11-/m0/s1. The Morgan fingerprint density at radius 3 is 2.79 bits per heavy atom. The van der Waals surface area contributed by atoms with Crippen molar-refractivity contribution in [1.29, 1.82) is 0 Å². The van der Waals surface area contributed by atoms with Gasteiger partial charge in [0.05, 0.1) is 17.6 Å². The molecule has 2 aromatic carbocycles. The van der Waals surface area contributed by atoms with Gasteiger partial charge in [0.15, 0.2) is 6.10 Å². The van der Waals surface area contributed by atoms with Crippen LogP contribution in [0.15, 0.2) is 36.4 Å². The number of anilines is 3. The average Bonchev–Trinajstić information content (AvgIpc) is 3.06. The number of ether oxygens (including phenoxy) is 1. The fraction of sp³-hybridized carbons (Fsp3) is 0.263. The van der Waals surface area contributed by atoms with E-state index in [-0.39, 0.29) is 11.8 Å². The minimum atomic E-state index is -3.33. The molecule has 4 rings (SSSR count). The first-order valence-corrected chi connectivity index (χ1v) is 10.6. The molecule has 2 aliphatic rings. The van der Waals surface area contributed by atoms with E-state index in [0.29, 0.717) is 41.3 Å². The van der Waals surface area contributed by atoms with Gasteiger partial charge in [-0.2, -0.15) is 0 Å². The molecule has 2 N–H and O–H groups in total. The molecule has 28 heavy (non-hydrogen) atoms. The van der Waals surface area contributed by atoms with Gasteiger partial charge >= 0.3 is 0 Å². The van der Waals surface area contributed by atoms with Crippen LogP contribution in [0.3, 0.4) is 0 Å². The lowest BCUT2D eigenvalue weighted by Crippen LogP contribution is -2.34. The predicted molar refractivity (Wildman–Crippen MR) is 105 cm³/mol. The normalized spacial score (nSPS) is 18.0. The predicted octanol–water partition coefficient (Wildman–Crippen LogP) is 1.98. The maximum atomic E-state index is 12.6. The van der Waals surface area contributed by atoms with Crippen molar-refractivity contribution in [2.24, 2.45) is 0 Å². The molecule has 0 radical (unpaired) electrons. The average molecular weight is 401 g/mol. The highest BCUT2D eigenvalue weighted by molar-refractivity contribution is 7.92. The summed E-state index contributed by atoms with van der Waals surface area (Å²) in [6.45, 7) is 2.04. The van der Waals surface area contributed by atoms with E-state index in [9.17, 15) is 18.0 Å². The second-order valence-corrected chi connectivity index (χ2v) is 8.75. The summed E-state index contributed by atoms with van der Waals surface area (Å²) >= 11 is 0. The highest BCUT2D eigenvalue weighted by Crippen LogP contribution is 2.33. The lowest BCUT2D eigenvalue weighted by molar-refractivity contribution is -0.122. The summed E-state index contributed by atoms with van der Waals surface area (Å²) in [6.07, 6.45) is 1.16. The number of hydrogen-bond acceptors (Lipinski definition) is 5. The van der Waals surface area contributed by atoms with Crippen molar-refractivity contribution in [3.63, 3.8) is 0 Å². The van der Waals surface area contributed by atoms with Crippen molar-refractivity contribution in [2.75, 3.05) is 27.7 Å². The molecule has 2 amide bonds. The van der Waals surface area contributed by atoms with Gasteiger partial charge in [-0.15, -0.1) is 0 Å². The molecule has 0 spiro atoms. The van der Waals surface area contributed by atoms with Gasteiger partial charge in [-0.05, 0) is 55.3 Å². The van der Waals surface area contributed by atoms with Gasteiger partial charge in [-0.1, -0.05) is 0 Å². The SMILES string of the molecule is C[C@@H]1Oc2ccc(NC(=O)c3ccc4c(c3)CCN4S(C)(=O)=O)cc2NC1=O. The Morgan fingerprint density at radius 2 is 2.04 bits per heavy atom. The van der Waals surface area contributed by atoms with Crippen molar-refractivity contribution in [1.82, 2.24) is 0 Å². The van der Waals surface area contributed by atoms with E-state index in [1.807, 2.05) is 0 Å². The number of carbonyl (C=O) groups excluding carboxylic acids is 2. The van der Waals surface area contributed by atoms with Crippen LogP contribution < -0.4 is 19.7 Å². The van der Waals surface area contributed by atoms with E-state index in [0.717, 1.165) is 5.56 Å². The van der Waals surface area contributed by atoms with Crippen LogP contribution in [0.25, 0.3) is 0 Å². The maximum Gasteiger partial charge on any atom is 0.265 e. The second kappa shape index (κ2) is 6.52. The van der Waals surface area contributed by atoms with E-state index in [1.54, 1.807) is 43.3 Å². The minimum absolute atomic E-state index is 0.245. The summed E-state index contributed by atoms with van der Waals surface area (Å²) in [5.41, 5.74) is 2.87. The first-order chi connectivity index (χ1) is 13.2. The summed E-state index contributed by atoms with van der Waals surface area (Å²) in [7, 11) is -3.33. The van der Waals surface area contributed by atoms with Crippen LogP contribution >= 0.6 is 0 Å². The first kappa shape index (κ1) is 18.3. The molecule has 2 aliphatic heterocycles. The van der Waals surface area contributed by atoms with Crippen LogP contribution in [0, 0.1) is 0 Å². The summed E-state index contributed by atoms with van der Waals surface area (Å²) in [5, 5.41) is 5.53. The quantitative estimate of drug-likeness (QED) is 0.818. The molecule has 0 fully saturated rings. The highest BCUT2D eigenvalue weighted by Gasteiger charge is 2.27. The Balaban J connectivity index is 1.54. The Kier molecular flexibility index (Phi) is 4.26. The summed E-state index contributed by atoms with van der Waals surface area (Å²) in [5.74, 6) is -0.0227. The zero-order valence-electron chi connectivity index (χ0n) is 15.4. The number of sulfonamides is 1. The molecule has 0 saturated carbocycles. The van der Waals surface area contributed by atoms with Gasteiger partial charge < -0.3 is 15.4 Å². The molecular weight excluding hydrogens is 382 g/mol. The summed E-state index contributed by atoms with van der Waals surface area (Å²) in [4.78, 5) is 24.4. The summed E-state index contributed by atoms with van der Waals surface area (Å²) < 4.78 is 30.5. The minimum Gasteiger partial charge on any atom is -0.479 e. The van der Waals surface area contributed by atoms with E-state index >= 15 is 0 Å². The van der Waals surface area contributed by atoms with Crippen LogP contribution in [0.4, 0.5) is 17.1 Å². The Morgan fingerprint density at radius 1 is 1.25 bits per heavy atom. The Labute approximate surface area is 162 Å². The molecule has 2 aromatic rings. The number of nitrogens with zero attached hydrogens (tertiary/aromatic N) is 1. The summed E-state index contributed by atoms with van der Waals surface area (Å²) in [6, 6.07) is 9.98. The monoisotopic (exact) mass is 401 g/mol. The zero-order valence-corrected chi connectivity index (χ0v) is 16.2. The molecule has 0 aromatic heterocycles. The number of nitrogens with one attached hydrogen (secondary N) is 2. The van der Waals surface area contributed by atoms with Crippen molar-refractivity contribution < 1.29 is 22.7 Å².